The first kappa shape index (κ1) is 13.1. The van der Waals surface area contributed by atoms with E-state index in [9.17, 15) is 4.79 Å². The second-order valence-corrected chi connectivity index (χ2v) is 3.78. The molecule has 1 aromatic heterocycles. The second-order valence-electron chi connectivity index (χ2n) is 3.78. The van der Waals surface area contributed by atoms with E-state index in [0.29, 0.717) is 36.5 Å². The van der Waals surface area contributed by atoms with E-state index in [1.165, 1.54) is 0 Å². The van der Waals surface area contributed by atoms with Gasteiger partial charge < -0.3 is 20.7 Å². The van der Waals surface area contributed by atoms with E-state index >= 15 is 0 Å². The summed E-state index contributed by atoms with van der Waals surface area (Å²) in [5, 5.41) is 13.9. The Kier molecular flexibility index (Phi) is 4.56. The van der Waals surface area contributed by atoms with Crippen molar-refractivity contribution in [3.63, 3.8) is 0 Å². The van der Waals surface area contributed by atoms with Crippen LogP contribution in [0.5, 0.6) is 0 Å². The highest BCUT2D eigenvalue weighted by molar-refractivity contribution is 5.95. The lowest BCUT2D eigenvalue weighted by Gasteiger charge is -2.03. The molecule has 0 aliphatic heterocycles. The van der Waals surface area contributed by atoms with E-state index in [2.05, 4.69) is 10.5 Å². The topological polar surface area (TPSA) is 101 Å². The zero-order valence-electron chi connectivity index (χ0n) is 9.99. The Bertz CT molecular complexity index is 424. The summed E-state index contributed by atoms with van der Waals surface area (Å²) in [6.45, 7) is 4.01. The van der Waals surface area contributed by atoms with Crippen molar-refractivity contribution in [2.45, 2.75) is 26.7 Å². The third kappa shape index (κ3) is 3.82. The van der Waals surface area contributed by atoms with Gasteiger partial charge in [-0.25, -0.2) is 0 Å². The average molecular weight is 239 g/mol. The number of hydrogen-bond acceptors (Lipinski definition) is 4. The molecule has 0 atom stereocenters. The maximum Gasteiger partial charge on any atom is 0.254 e. The molecular weight excluding hydrogens is 222 g/mol. The number of furan rings is 1. The van der Waals surface area contributed by atoms with Gasteiger partial charge in [-0.15, -0.1) is 0 Å². The van der Waals surface area contributed by atoms with Crippen LogP contribution in [0.15, 0.2) is 15.6 Å². The maximum absolute atomic E-state index is 11.7. The molecule has 6 nitrogen and oxygen atoms in total. The molecule has 0 fully saturated rings. The zero-order chi connectivity index (χ0) is 12.8. The minimum absolute atomic E-state index is 0.162. The smallest absolute Gasteiger partial charge is 0.254 e. The highest BCUT2D eigenvalue weighted by Gasteiger charge is 2.12. The van der Waals surface area contributed by atoms with Crippen LogP contribution in [0.2, 0.25) is 0 Å². The number of amides is 1. The fourth-order valence-corrected chi connectivity index (χ4v) is 1.47. The van der Waals surface area contributed by atoms with E-state index < -0.39 is 0 Å². The zero-order valence-corrected chi connectivity index (χ0v) is 9.99. The van der Waals surface area contributed by atoms with Crippen molar-refractivity contribution in [1.82, 2.24) is 5.32 Å². The Labute approximate surface area is 99.5 Å². The molecule has 0 radical (unpaired) electrons. The van der Waals surface area contributed by atoms with Gasteiger partial charge >= 0.3 is 0 Å². The first-order valence-electron chi connectivity index (χ1n) is 5.36. The molecule has 6 heteroatoms. The average Bonchev–Trinajstić information content (AvgIpc) is 2.63. The number of oxime groups is 1. The molecule has 0 spiro atoms. The van der Waals surface area contributed by atoms with Crippen LogP contribution in [0.25, 0.3) is 0 Å². The third-order valence-corrected chi connectivity index (χ3v) is 2.31. The number of hydrogen-bond donors (Lipinski definition) is 3. The number of nitrogens with one attached hydrogen (secondary N) is 1. The van der Waals surface area contributed by atoms with Gasteiger partial charge in [0.15, 0.2) is 0 Å². The molecule has 0 bridgehead atoms. The fourth-order valence-electron chi connectivity index (χ4n) is 1.47. The molecule has 1 rings (SSSR count). The maximum atomic E-state index is 11.7. The lowest BCUT2D eigenvalue weighted by atomic mass is 10.2. The molecular formula is C11H17N3O3. The molecule has 1 aromatic rings. The summed E-state index contributed by atoms with van der Waals surface area (Å²) in [4.78, 5) is 11.7. The van der Waals surface area contributed by atoms with Crippen LogP contribution in [-0.2, 0) is 0 Å². The molecule has 0 aliphatic carbocycles. The first-order valence-corrected chi connectivity index (χ1v) is 5.36. The predicted molar refractivity (Wildman–Crippen MR) is 63.2 cm³/mol. The Morgan fingerprint density at radius 3 is 2.82 bits per heavy atom. The van der Waals surface area contributed by atoms with E-state index in [0.717, 1.165) is 0 Å². The van der Waals surface area contributed by atoms with Crippen molar-refractivity contribution in [3.05, 3.63) is 23.2 Å². The van der Waals surface area contributed by atoms with Gasteiger partial charge in [0.05, 0.1) is 5.56 Å². The van der Waals surface area contributed by atoms with Gasteiger partial charge in [-0.1, -0.05) is 5.16 Å². The predicted octanol–water partition coefficient (Wildman–Crippen LogP) is 1.15. The van der Waals surface area contributed by atoms with Gasteiger partial charge in [-0.2, -0.15) is 0 Å². The van der Waals surface area contributed by atoms with Gasteiger partial charge in [0, 0.05) is 13.0 Å². The summed E-state index contributed by atoms with van der Waals surface area (Å²) >= 11 is 0. The third-order valence-electron chi connectivity index (χ3n) is 2.31. The lowest BCUT2D eigenvalue weighted by molar-refractivity contribution is 0.0952. The number of carbonyl (C=O) groups excluding carboxylic acids is 1. The normalized spacial score (nSPS) is 11.5. The van der Waals surface area contributed by atoms with Crippen molar-refractivity contribution in [2.24, 2.45) is 10.9 Å². The van der Waals surface area contributed by atoms with Crippen LogP contribution >= 0.6 is 0 Å². The van der Waals surface area contributed by atoms with Gasteiger partial charge in [-0.05, 0) is 26.3 Å². The number of nitrogens with zero attached hydrogens (tertiary/aromatic N) is 1. The monoisotopic (exact) mass is 239 g/mol. The number of rotatable bonds is 5. The van der Waals surface area contributed by atoms with Gasteiger partial charge in [-0.3, -0.25) is 4.79 Å². The van der Waals surface area contributed by atoms with E-state index in [1.54, 1.807) is 19.9 Å². The second kappa shape index (κ2) is 5.93. The van der Waals surface area contributed by atoms with Crippen molar-refractivity contribution >= 4 is 11.7 Å². The highest BCUT2D eigenvalue weighted by Crippen LogP contribution is 2.13. The van der Waals surface area contributed by atoms with Crippen molar-refractivity contribution in [2.75, 3.05) is 6.54 Å². The molecule has 1 amide bonds. The molecule has 1 heterocycles. The molecule has 0 unspecified atom stereocenters. The van der Waals surface area contributed by atoms with Crippen LogP contribution in [0.1, 0.15) is 34.7 Å². The SMILES string of the molecule is Cc1cc(C(=O)NCCCC(N)=NO)c(C)o1. The molecule has 0 saturated carbocycles. The van der Waals surface area contributed by atoms with Gasteiger partial charge in [0.1, 0.15) is 17.4 Å². The fraction of sp³-hybridized carbons (Fsp3) is 0.455. The Hall–Kier alpha value is -1.98. The number of amidine groups is 1. The Balaban J connectivity index is 2.38. The molecule has 4 N–H and O–H groups in total. The summed E-state index contributed by atoms with van der Waals surface area (Å²) in [5.74, 6) is 1.31. The Morgan fingerprint density at radius 1 is 1.59 bits per heavy atom. The summed E-state index contributed by atoms with van der Waals surface area (Å²) in [6, 6.07) is 1.70. The van der Waals surface area contributed by atoms with Crippen molar-refractivity contribution in [3.8, 4) is 0 Å². The minimum Gasteiger partial charge on any atom is -0.466 e. The van der Waals surface area contributed by atoms with Gasteiger partial charge in [0.25, 0.3) is 5.91 Å². The van der Waals surface area contributed by atoms with Gasteiger partial charge in [0.2, 0.25) is 0 Å². The quantitative estimate of drug-likeness (QED) is 0.236. The van der Waals surface area contributed by atoms with Crippen LogP contribution in [0.4, 0.5) is 0 Å². The van der Waals surface area contributed by atoms with Crippen molar-refractivity contribution < 1.29 is 14.4 Å². The summed E-state index contributed by atoms with van der Waals surface area (Å²) in [7, 11) is 0. The number of carbonyl (C=O) groups is 1. The number of nitrogens with two attached hydrogens (primary N) is 1. The van der Waals surface area contributed by atoms with Crippen LogP contribution in [0.3, 0.4) is 0 Å². The lowest BCUT2D eigenvalue weighted by Crippen LogP contribution is -2.25. The first-order chi connectivity index (χ1) is 8.04. The number of aryl methyl sites for hydroxylation is 2. The van der Waals surface area contributed by atoms with Crippen LogP contribution in [-0.4, -0.2) is 23.5 Å². The van der Waals surface area contributed by atoms with E-state index in [4.69, 9.17) is 15.4 Å². The summed E-state index contributed by atoms with van der Waals surface area (Å²) in [6.07, 6.45) is 1.07. The van der Waals surface area contributed by atoms with Crippen molar-refractivity contribution in [1.29, 1.82) is 0 Å². The largest absolute Gasteiger partial charge is 0.466 e. The Morgan fingerprint density at radius 2 is 2.29 bits per heavy atom. The molecule has 17 heavy (non-hydrogen) atoms. The van der Waals surface area contributed by atoms with Crippen LogP contribution in [0, 0.1) is 13.8 Å². The van der Waals surface area contributed by atoms with Crippen LogP contribution < -0.4 is 11.1 Å². The molecule has 0 aromatic carbocycles. The van der Waals surface area contributed by atoms with E-state index in [1.807, 2.05) is 0 Å². The summed E-state index contributed by atoms with van der Waals surface area (Å²) < 4.78 is 5.26. The van der Waals surface area contributed by atoms with E-state index in [-0.39, 0.29) is 11.7 Å². The molecule has 0 saturated heterocycles. The highest BCUT2D eigenvalue weighted by atomic mass is 16.4. The molecule has 94 valence electrons. The molecule has 0 aliphatic rings. The minimum atomic E-state index is -0.168. The standard InChI is InChI=1S/C11H17N3O3/c1-7-6-9(8(2)17-7)11(15)13-5-3-4-10(12)14-16/h6,16H,3-5H2,1-2H3,(H2,12,14)(H,13,15). The summed E-state index contributed by atoms with van der Waals surface area (Å²) in [5.41, 5.74) is 5.85.